The van der Waals surface area contributed by atoms with E-state index in [0.29, 0.717) is 13.2 Å². The van der Waals surface area contributed by atoms with Crippen molar-refractivity contribution >= 4 is 11.9 Å². The van der Waals surface area contributed by atoms with Crippen molar-refractivity contribution in [3.63, 3.8) is 0 Å². The van der Waals surface area contributed by atoms with E-state index in [0.717, 1.165) is 33.8 Å². The van der Waals surface area contributed by atoms with Crippen LogP contribution in [0.3, 0.4) is 0 Å². The number of nitrogens with one attached hydrogen (secondary N) is 1. The largest absolute Gasteiger partial charge is 0.447 e. The molecule has 25 heavy (non-hydrogen) atoms. The molecule has 0 radical (unpaired) electrons. The summed E-state index contributed by atoms with van der Waals surface area (Å²) in [5, 5.41) is 0. The number of anilines is 1. The van der Waals surface area contributed by atoms with Crippen LogP contribution in [0.1, 0.15) is 11.1 Å². The van der Waals surface area contributed by atoms with Crippen LogP contribution in [0.2, 0.25) is 0 Å². The molecule has 2 heterocycles. The molecule has 1 fully saturated rings. The molecule has 0 spiro atoms. The van der Waals surface area contributed by atoms with Crippen LogP contribution in [-0.4, -0.2) is 24.2 Å². The number of carbonyl (C=O) groups excluding carboxylic acids is 1. The van der Waals surface area contributed by atoms with Gasteiger partial charge >= 0.3 is 6.09 Å². The van der Waals surface area contributed by atoms with Gasteiger partial charge in [-0.3, -0.25) is 4.90 Å². The standard InChI is InChI=1S/C21H20N2O2/c1-14-8-10-16(11-9-14)18-15(2)19(17-6-4-3-5-7-17)22-20(18)23-12-13-25-21(23)24/h3-11,22H,12-13H2,1-2H3. The predicted octanol–water partition coefficient (Wildman–Crippen LogP) is 4.92. The van der Waals surface area contributed by atoms with Gasteiger partial charge in [-0.1, -0.05) is 60.2 Å². The third kappa shape index (κ3) is 2.70. The van der Waals surface area contributed by atoms with E-state index >= 15 is 0 Å². The third-order valence-electron chi connectivity index (χ3n) is 4.66. The number of aromatic amines is 1. The first-order chi connectivity index (χ1) is 12.1. The Bertz CT molecular complexity index is 911. The van der Waals surface area contributed by atoms with E-state index in [1.807, 2.05) is 18.2 Å². The first-order valence-electron chi connectivity index (χ1n) is 8.44. The second-order valence-corrected chi connectivity index (χ2v) is 6.35. The van der Waals surface area contributed by atoms with Crippen molar-refractivity contribution in [3.8, 4) is 22.4 Å². The first-order valence-corrected chi connectivity index (χ1v) is 8.44. The summed E-state index contributed by atoms with van der Waals surface area (Å²) >= 11 is 0. The summed E-state index contributed by atoms with van der Waals surface area (Å²) in [6.45, 7) is 5.15. The molecule has 1 saturated heterocycles. The molecule has 4 rings (SSSR count). The highest BCUT2D eigenvalue weighted by molar-refractivity contribution is 5.97. The highest BCUT2D eigenvalue weighted by atomic mass is 16.6. The van der Waals surface area contributed by atoms with Crippen molar-refractivity contribution in [2.45, 2.75) is 13.8 Å². The van der Waals surface area contributed by atoms with Crippen LogP contribution in [0.25, 0.3) is 22.4 Å². The molecule has 4 nitrogen and oxygen atoms in total. The van der Waals surface area contributed by atoms with Gasteiger partial charge in [-0.15, -0.1) is 0 Å². The number of carbonyl (C=O) groups is 1. The van der Waals surface area contributed by atoms with Gasteiger partial charge < -0.3 is 9.72 Å². The Kier molecular flexibility index (Phi) is 3.80. The molecule has 1 amide bonds. The van der Waals surface area contributed by atoms with Gasteiger partial charge in [0.05, 0.1) is 12.2 Å². The number of amides is 1. The fraction of sp³-hybridized carbons (Fsp3) is 0.190. The van der Waals surface area contributed by atoms with E-state index in [-0.39, 0.29) is 6.09 Å². The Morgan fingerprint density at radius 1 is 0.960 bits per heavy atom. The van der Waals surface area contributed by atoms with Gasteiger partial charge in [-0.05, 0) is 30.5 Å². The SMILES string of the molecule is Cc1ccc(-c2c(N3CCOC3=O)[nH]c(-c3ccccc3)c2C)cc1. The summed E-state index contributed by atoms with van der Waals surface area (Å²) < 4.78 is 5.15. The quantitative estimate of drug-likeness (QED) is 0.740. The van der Waals surface area contributed by atoms with Crippen LogP contribution in [0.5, 0.6) is 0 Å². The van der Waals surface area contributed by atoms with Crippen LogP contribution >= 0.6 is 0 Å². The molecule has 1 aliphatic heterocycles. The zero-order valence-corrected chi connectivity index (χ0v) is 14.4. The van der Waals surface area contributed by atoms with Gasteiger partial charge in [0.2, 0.25) is 0 Å². The minimum Gasteiger partial charge on any atom is -0.447 e. The van der Waals surface area contributed by atoms with E-state index < -0.39 is 0 Å². The molecule has 0 aliphatic carbocycles. The molecule has 3 aromatic rings. The summed E-state index contributed by atoms with van der Waals surface area (Å²) in [7, 11) is 0. The number of ether oxygens (including phenoxy) is 1. The molecule has 2 aromatic carbocycles. The maximum Gasteiger partial charge on any atom is 0.415 e. The lowest BCUT2D eigenvalue weighted by molar-refractivity contribution is 0.181. The average molecular weight is 332 g/mol. The number of cyclic esters (lactones) is 1. The Morgan fingerprint density at radius 2 is 1.68 bits per heavy atom. The zero-order valence-electron chi connectivity index (χ0n) is 14.4. The monoisotopic (exact) mass is 332 g/mol. The molecule has 1 aliphatic rings. The third-order valence-corrected chi connectivity index (χ3v) is 4.66. The molecule has 126 valence electrons. The number of hydrogen-bond acceptors (Lipinski definition) is 2. The molecule has 4 heteroatoms. The summed E-state index contributed by atoms with van der Waals surface area (Å²) in [5.74, 6) is 0.808. The fourth-order valence-electron chi connectivity index (χ4n) is 3.34. The molecule has 0 saturated carbocycles. The Balaban J connectivity index is 1.92. The van der Waals surface area contributed by atoms with Gasteiger partial charge in [-0.25, -0.2) is 4.79 Å². The summed E-state index contributed by atoms with van der Waals surface area (Å²) in [5.41, 5.74) is 6.62. The van der Waals surface area contributed by atoms with Crippen molar-refractivity contribution < 1.29 is 9.53 Å². The topological polar surface area (TPSA) is 45.3 Å². The highest BCUT2D eigenvalue weighted by Crippen LogP contribution is 2.40. The van der Waals surface area contributed by atoms with E-state index in [4.69, 9.17) is 4.74 Å². The number of rotatable bonds is 3. The minimum absolute atomic E-state index is 0.297. The van der Waals surface area contributed by atoms with Crippen molar-refractivity contribution in [2.75, 3.05) is 18.1 Å². The average Bonchev–Trinajstić information content (AvgIpc) is 3.20. The summed E-state index contributed by atoms with van der Waals surface area (Å²) in [6, 6.07) is 18.6. The molecule has 0 bridgehead atoms. The Morgan fingerprint density at radius 3 is 2.32 bits per heavy atom. The predicted molar refractivity (Wildman–Crippen MR) is 99.8 cm³/mol. The number of H-pyrrole nitrogens is 1. The Hall–Kier alpha value is -3.01. The molecular formula is C21H20N2O2. The normalized spacial score (nSPS) is 14.0. The van der Waals surface area contributed by atoms with Crippen LogP contribution < -0.4 is 4.90 Å². The van der Waals surface area contributed by atoms with Gasteiger partial charge in [0.15, 0.2) is 0 Å². The van der Waals surface area contributed by atoms with Crippen LogP contribution in [0.15, 0.2) is 54.6 Å². The van der Waals surface area contributed by atoms with Crippen LogP contribution in [0, 0.1) is 13.8 Å². The zero-order chi connectivity index (χ0) is 17.4. The molecular weight excluding hydrogens is 312 g/mol. The van der Waals surface area contributed by atoms with E-state index in [1.54, 1.807) is 4.90 Å². The van der Waals surface area contributed by atoms with Crippen LogP contribution in [0.4, 0.5) is 10.6 Å². The smallest absolute Gasteiger partial charge is 0.415 e. The van der Waals surface area contributed by atoms with E-state index in [9.17, 15) is 4.79 Å². The van der Waals surface area contributed by atoms with Crippen molar-refractivity contribution in [1.82, 2.24) is 4.98 Å². The van der Waals surface area contributed by atoms with Crippen molar-refractivity contribution in [1.29, 1.82) is 0 Å². The molecule has 1 aromatic heterocycles. The van der Waals surface area contributed by atoms with Crippen molar-refractivity contribution in [2.24, 2.45) is 0 Å². The van der Waals surface area contributed by atoms with Gasteiger partial charge in [0.1, 0.15) is 12.4 Å². The summed E-state index contributed by atoms with van der Waals surface area (Å²) in [4.78, 5) is 17.3. The lowest BCUT2D eigenvalue weighted by Crippen LogP contribution is -2.24. The van der Waals surface area contributed by atoms with Gasteiger partial charge in [0, 0.05) is 5.56 Å². The van der Waals surface area contributed by atoms with E-state index in [2.05, 4.69) is 55.2 Å². The molecule has 0 atom stereocenters. The maximum atomic E-state index is 12.2. The van der Waals surface area contributed by atoms with E-state index in [1.165, 1.54) is 5.56 Å². The summed E-state index contributed by atoms with van der Waals surface area (Å²) in [6.07, 6.45) is -0.297. The highest BCUT2D eigenvalue weighted by Gasteiger charge is 2.29. The first kappa shape index (κ1) is 15.5. The maximum absolute atomic E-state index is 12.2. The number of aromatic nitrogens is 1. The molecule has 1 N–H and O–H groups in total. The number of benzene rings is 2. The second-order valence-electron chi connectivity index (χ2n) is 6.35. The van der Waals surface area contributed by atoms with Gasteiger partial charge in [-0.2, -0.15) is 0 Å². The number of nitrogens with zero attached hydrogens (tertiary/aromatic N) is 1. The van der Waals surface area contributed by atoms with Crippen LogP contribution in [-0.2, 0) is 4.74 Å². The lowest BCUT2D eigenvalue weighted by Gasteiger charge is -2.14. The second kappa shape index (κ2) is 6.13. The minimum atomic E-state index is -0.297. The van der Waals surface area contributed by atoms with Crippen molar-refractivity contribution in [3.05, 3.63) is 65.7 Å². The fourth-order valence-corrected chi connectivity index (χ4v) is 3.34. The lowest BCUT2D eigenvalue weighted by atomic mass is 9.99. The Labute approximate surface area is 147 Å². The number of hydrogen-bond donors (Lipinski definition) is 1. The number of aryl methyl sites for hydroxylation is 1. The van der Waals surface area contributed by atoms with Gasteiger partial charge in [0.25, 0.3) is 0 Å². The molecule has 0 unspecified atom stereocenters.